The molecule has 5 rings (SSSR count). The van der Waals surface area contributed by atoms with Crippen LogP contribution in [0.15, 0.2) is 36.4 Å². The number of aromatic nitrogens is 2. The van der Waals surface area contributed by atoms with E-state index in [9.17, 15) is 14.0 Å². The summed E-state index contributed by atoms with van der Waals surface area (Å²) >= 11 is 0. The Balaban J connectivity index is 1.41. The SMILES string of the molecule is COc1ccc(F)cc1C(=O)NCc1ccc(-c2nn(C3CN(C4COC4)CCC3(F)F)c(N)c2C(N)=O)cc1F. The van der Waals surface area contributed by atoms with Gasteiger partial charge >= 0.3 is 0 Å². The van der Waals surface area contributed by atoms with Crippen molar-refractivity contribution in [3.63, 3.8) is 0 Å². The number of ether oxygens (including phenoxy) is 2. The van der Waals surface area contributed by atoms with Crippen LogP contribution in [0.5, 0.6) is 5.75 Å². The van der Waals surface area contributed by atoms with Gasteiger partial charge in [-0.25, -0.2) is 22.2 Å². The molecule has 1 unspecified atom stereocenters. The standard InChI is InChI=1S/C27H28F4N6O4/c1-40-20-5-4-16(28)9-18(20)26(39)34-10-15-3-2-14(8-19(15)29)23-22(25(33)38)24(32)37(35-23)21-11-36(17-12-41-13-17)7-6-27(21,30)31/h2-5,8-9,17,21H,6-7,10-13,32H2,1H3,(H2,33,38)(H,34,39). The fourth-order valence-corrected chi connectivity index (χ4v) is 5.02. The van der Waals surface area contributed by atoms with Crippen LogP contribution in [0.3, 0.4) is 0 Å². The minimum atomic E-state index is -3.18. The molecule has 0 aliphatic carbocycles. The number of primary amides is 1. The number of nitrogens with two attached hydrogens (primary N) is 2. The van der Waals surface area contributed by atoms with Gasteiger partial charge in [-0.05, 0) is 24.3 Å². The van der Waals surface area contributed by atoms with Gasteiger partial charge < -0.3 is 26.3 Å². The van der Waals surface area contributed by atoms with Crippen molar-refractivity contribution in [2.75, 3.05) is 39.1 Å². The Bertz CT molecular complexity index is 1490. The van der Waals surface area contributed by atoms with Crippen LogP contribution in [0.1, 0.15) is 38.7 Å². The molecule has 0 bridgehead atoms. The van der Waals surface area contributed by atoms with E-state index in [2.05, 4.69) is 10.4 Å². The second-order valence-electron chi connectivity index (χ2n) is 9.96. The maximum Gasteiger partial charge on any atom is 0.272 e. The molecule has 3 heterocycles. The first-order chi connectivity index (χ1) is 19.5. The number of nitrogens with zero attached hydrogens (tertiary/aromatic N) is 3. The predicted molar refractivity (Wildman–Crippen MR) is 139 cm³/mol. The second-order valence-corrected chi connectivity index (χ2v) is 9.96. The number of nitrogen functional groups attached to an aromatic ring is 1. The summed E-state index contributed by atoms with van der Waals surface area (Å²) in [6.07, 6.45) is -0.439. The molecule has 2 aliphatic heterocycles. The zero-order chi connectivity index (χ0) is 29.5. The normalized spacial score (nSPS) is 19.0. The largest absolute Gasteiger partial charge is 0.496 e. The summed E-state index contributed by atoms with van der Waals surface area (Å²) < 4.78 is 70.1. The number of likely N-dealkylation sites (tertiary alicyclic amines) is 1. The van der Waals surface area contributed by atoms with Crippen molar-refractivity contribution in [3.05, 3.63) is 64.7 Å². The number of hydrogen-bond donors (Lipinski definition) is 3. The lowest BCUT2D eigenvalue weighted by Gasteiger charge is -2.44. The van der Waals surface area contributed by atoms with Gasteiger partial charge in [0.05, 0.1) is 31.9 Å². The van der Waals surface area contributed by atoms with Gasteiger partial charge in [-0.15, -0.1) is 0 Å². The number of rotatable bonds is 8. The number of nitrogens with one attached hydrogen (secondary N) is 1. The van der Waals surface area contributed by atoms with Crippen LogP contribution in [-0.2, 0) is 11.3 Å². The Labute approximate surface area is 232 Å². The van der Waals surface area contributed by atoms with E-state index >= 15 is 13.2 Å². The third kappa shape index (κ3) is 5.44. The third-order valence-electron chi connectivity index (χ3n) is 7.43. The Kier molecular flexibility index (Phi) is 7.62. The molecule has 2 saturated heterocycles. The molecule has 0 spiro atoms. The zero-order valence-corrected chi connectivity index (χ0v) is 22.0. The van der Waals surface area contributed by atoms with Crippen LogP contribution >= 0.6 is 0 Å². The lowest BCUT2D eigenvalue weighted by atomic mass is 9.98. The molecular weight excluding hydrogens is 548 g/mol. The smallest absolute Gasteiger partial charge is 0.272 e. The van der Waals surface area contributed by atoms with Crippen molar-refractivity contribution in [1.29, 1.82) is 0 Å². The van der Waals surface area contributed by atoms with Crippen LogP contribution < -0.4 is 21.5 Å². The highest BCUT2D eigenvalue weighted by atomic mass is 19.3. The zero-order valence-electron chi connectivity index (χ0n) is 22.0. The monoisotopic (exact) mass is 576 g/mol. The summed E-state index contributed by atoms with van der Waals surface area (Å²) in [5, 5.41) is 6.74. The summed E-state index contributed by atoms with van der Waals surface area (Å²) in [4.78, 5) is 26.8. The van der Waals surface area contributed by atoms with Gasteiger partial charge in [0, 0.05) is 37.2 Å². The highest BCUT2D eigenvalue weighted by Crippen LogP contribution is 2.41. The molecule has 2 fully saturated rings. The van der Waals surface area contributed by atoms with Crippen molar-refractivity contribution >= 4 is 17.6 Å². The molecular formula is C27H28F4N6O4. The number of methoxy groups -OCH3 is 1. The summed E-state index contributed by atoms with van der Waals surface area (Å²) in [7, 11) is 1.32. The van der Waals surface area contributed by atoms with Gasteiger partial charge in [0.1, 0.15) is 40.5 Å². The maximum absolute atomic E-state index is 15.1. The lowest BCUT2D eigenvalue weighted by Crippen LogP contribution is -2.57. The first kappa shape index (κ1) is 28.4. The van der Waals surface area contributed by atoms with E-state index in [0.29, 0.717) is 13.2 Å². The van der Waals surface area contributed by atoms with E-state index in [1.807, 2.05) is 4.90 Å². The number of hydrogen-bond acceptors (Lipinski definition) is 7. The molecule has 1 aromatic heterocycles. The summed E-state index contributed by atoms with van der Waals surface area (Å²) in [6.45, 7) is 0.703. The minimum Gasteiger partial charge on any atom is -0.496 e. The number of alkyl halides is 2. The van der Waals surface area contributed by atoms with Crippen LogP contribution in [0.2, 0.25) is 0 Å². The summed E-state index contributed by atoms with van der Waals surface area (Å²) in [5.41, 5.74) is 11.3. The molecule has 218 valence electrons. The molecule has 3 aromatic rings. The van der Waals surface area contributed by atoms with Crippen molar-refractivity contribution in [3.8, 4) is 17.0 Å². The van der Waals surface area contributed by atoms with Crippen molar-refractivity contribution in [2.45, 2.75) is 31.0 Å². The first-order valence-corrected chi connectivity index (χ1v) is 12.8. The summed E-state index contributed by atoms with van der Waals surface area (Å²) in [6, 6.07) is 5.73. The predicted octanol–water partition coefficient (Wildman–Crippen LogP) is 2.73. The van der Waals surface area contributed by atoms with Gasteiger partial charge in [-0.3, -0.25) is 14.5 Å². The van der Waals surface area contributed by atoms with E-state index in [-0.39, 0.29) is 65.2 Å². The molecule has 1 atom stereocenters. The van der Waals surface area contributed by atoms with Crippen LogP contribution in [0, 0.1) is 11.6 Å². The Hall–Kier alpha value is -4.17. The molecule has 2 amide bonds. The molecule has 0 saturated carbocycles. The van der Waals surface area contributed by atoms with E-state index in [4.69, 9.17) is 20.9 Å². The molecule has 41 heavy (non-hydrogen) atoms. The molecule has 2 aromatic carbocycles. The number of piperidine rings is 1. The van der Waals surface area contributed by atoms with Crippen LogP contribution in [-0.4, -0.2) is 71.9 Å². The fraction of sp³-hybridized carbons (Fsp3) is 0.370. The molecule has 5 N–H and O–H groups in total. The van der Waals surface area contributed by atoms with E-state index in [0.717, 1.165) is 22.9 Å². The number of carbonyl (C=O) groups excluding carboxylic acids is 2. The Morgan fingerprint density at radius 2 is 1.95 bits per heavy atom. The first-order valence-electron chi connectivity index (χ1n) is 12.8. The summed E-state index contributed by atoms with van der Waals surface area (Å²) in [5.74, 6) is -6.51. The topological polar surface area (TPSA) is 138 Å². The van der Waals surface area contributed by atoms with Gasteiger partial charge in [-0.2, -0.15) is 5.10 Å². The number of halogens is 4. The number of benzene rings is 2. The quantitative estimate of drug-likeness (QED) is 0.351. The Morgan fingerprint density at radius 1 is 1.20 bits per heavy atom. The van der Waals surface area contributed by atoms with Gasteiger partial charge in [0.2, 0.25) is 0 Å². The fourth-order valence-electron chi connectivity index (χ4n) is 5.02. The van der Waals surface area contributed by atoms with Gasteiger partial charge in [-0.1, -0.05) is 12.1 Å². The van der Waals surface area contributed by atoms with Crippen LogP contribution in [0.25, 0.3) is 11.3 Å². The van der Waals surface area contributed by atoms with Gasteiger partial charge in [0.25, 0.3) is 17.7 Å². The molecule has 0 radical (unpaired) electrons. The Morgan fingerprint density at radius 3 is 2.59 bits per heavy atom. The molecule has 2 aliphatic rings. The van der Waals surface area contributed by atoms with E-state index < -0.39 is 41.8 Å². The number of anilines is 1. The van der Waals surface area contributed by atoms with Crippen molar-refractivity contribution < 1.29 is 36.6 Å². The average molecular weight is 577 g/mol. The van der Waals surface area contributed by atoms with E-state index in [1.165, 1.54) is 25.3 Å². The number of carbonyl (C=O) groups is 2. The van der Waals surface area contributed by atoms with Crippen molar-refractivity contribution in [1.82, 2.24) is 20.0 Å². The maximum atomic E-state index is 15.1. The minimum absolute atomic E-state index is 0.00426. The molecule has 10 nitrogen and oxygen atoms in total. The van der Waals surface area contributed by atoms with Gasteiger partial charge in [0.15, 0.2) is 0 Å². The molecule has 14 heteroatoms. The third-order valence-corrected chi connectivity index (χ3v) is 7.43. The second kappa shape index (κ2) is 11.0. The lowest BCUT2D eigenvalue weighted by molar-refractivity contribution is -0.139. The highest BCUT2D eigenvalue weighted by Gasteiger charge is 2.49. The number of amides is 2. The average Bonchev–Trinajstić information content (AvgIpc) is 3.24. The van der Waals surface area contributed by atoms with Crippen molar-refractivity contribution in [2.24, 2.45) is 5.73 Å². The van der Waals surface area contributed by atoms with E-state index in [1.54, 1.807) is 0 Å². The highest BCUT2D eigenvalue weighted by molar-refractivity contribution is 6.03. The van der Waals surface area contributed by atoms with Crippen LogP contribution in [0.4, 0.5) is 23.4 Å².